The summed E-state index contributed by atoms with van der Waals surface area (Å²) in [5.41, 5.74) is 2.00. The minimum absolute atomic E-state index is 0.0503. The maximum Gasteiger partial charge on any atom is 0.302 e. The molecule has 0 radical (unpaired) electrons. The minimum Gasteiger partial charge on any atom is -0.462 e. The first-order chi connectivity index (χ1) is 16.2. The van der Waals surface area contributed by atoms with Crippen molar-refractivity contribution in [2.45, 2.75) is 132 Å². The Morgan fingerprint density at radius 1 is 0.771 bits per heavy atom. The highest BCUT2D eigenvalue weighted by molar-refractivity contribution is 5.66. The standard InChI is InChI=1S/C32H52O3/c1-20(33)35-24-12-13-29(6)22(28(24,4)5)11-14-31(8)23(29)10-9-21-25-26-27(2,3)15-17-32(25,19-34-26)18-16-30(21,31)7/h21-26H,9-19H2,1-8H3/t21-,22-,23-,24+,25+,26+,29+,30-,31-,32-/m1/s1. The number of ether oxygens (including phenoxy) is 2. The fourth-order valence-corrected chi connectivity index (χ4v) is 12.4. The fourth-order valence-electron chi connectivity index (χ4n) is 12.4. The number of carbonyl (C=O) groups is 1. The molecule has 0 aromatic carbocycles. The maximum atomic E-state index is 11.9. The smallest absolute Gasteiger partial charge is 0.302 e. The van der Waals surface area contributed by atoms with Crippen molar-refractivity contribution >= 4 is 5.97 Å². The molecule has 1 heterocycles. The first-order valence-electron chi connectivity index (χ1n) is 15.0. The molecule has 0 amide bonds. The Hall–Kier alpha value is -0.570. The largest absolute Gasteiger partial charge is 0.462 e. The van der Waals surface area contributed by atoms with Gasteiger partial charge in [0.15, 0.2) is 0 Å². The van der Waals surface area contributed by atoms with Gasteiger partial charge in [-0.3, -0.25) is 4.79 Å². The van der Waals surface area contributed by atoms with Crippen molar-refractivity contribution in [3.05, 3.63) is 0 Å². The summed E-state index contributed by atoms with van der Waals surface area (Å²) in [6.07, 6.45) is 13.7. The highest BCUT2D eigenvalue weighted by Crippen LogP contribution is 2.78. The Balaban J connectivity index is 1.35. The van der Waals surface area contributed by atoms with E-state index in [4.69, 9.17) is 9.47 Å². The summed E-state index contributed by atoms with van der Waals surface area (Å²) in [6.45, 7) is 20.5. The highest BCUT2D eigenvalue weighted by atomic mass is 16.5. The summed E-state index contributed by atoms with van der Waals surface area (Å²) in [5.74, 6) is 2.88. The first-order valence-corrected chi connectivity index (χ1v) is 15.0. The summed E-state index contributed by atoms with van der Waals surface area (Å²) in [4.78, 5) is 11.9. The van der Waals surface area contributed by atoms with Gasteiger partial charge >= 0.3 is 5.97 Å². The Kier molecular flexibility index (Phi) is 5.16. The Morgan fingerprint density at radius 2 is 1.49 bits per heavy atom. The van der Waals surface area contributed by atoms with E-state index in [0.29, 0.717) is 39.1 Å². The SMILES string of the molecule is CC(=O)O[C@H]1CC[C@@]2(C)[C@H](CC[C@]3(C)[C@@H]2CC[C@@H]2[C@H]4[C@@H]5OC[C@@]4(CCC5(C)C)CC[C@]23C)C1(C)C. The highest BCUT2D eigenvalue weighted by Gasteiger charge is 2.72. The van der Waals surface area contributed by atoms with Crippen molar-refractivity contribution in [2.75, 3.05) is 6.61 Å². The van der Waals surface area contributed by atoms with Crippen LogP contribution >= 0.6 is 0 Å². The predicted octanol–water partition coefficient (Wildman–Crippen LogP) is 7.81. The molecular formula is C32H52O3. The summed E-state index contributed by atoms with van der Waals surface area (Å²) >= 11 is 0. The van der Waals surface area contributed by atoms with Crippen LogP contribution in [0.4, 0.5) is 0 Å². The van der Waals surface area contributed by atoms with E-state index >= 15 is 0 Å². The van der Waals surface area contributed by atoms with Crippen LogP contribution in [0.2, 0.25) is 0 Å². The van der Waals surface area contributed by atoms with E-state index in [9.17, 15) is 4.79 Å². The topological polar surface area (TPSA) is 35.5 Å². The average molecular weight is 485 g/mol. The van der Waals surface area contributed by atoms with Gasteiger partial charge in [-0.2, -0.15) is 0 Å². The second-order valence-corrected chi connectivity index (χ2v) is 16.2. The molecule has 1 saturated heterocycles. The van der Waals surface area contributed by atoms with Crippen LogP contribution in [0.3, 0.4) is 0 Å². The van der Waals surface area contributed by atoms with E-state index < -0.39 is 0 Å². The molecule has 5 saturated carbocycles. The van der Waals surface area contributed by atoms with Gasteiger partial charge in [0.05, 0.1) is 12.7 Å². The molecule has 3 heteroatoms. The van der Waals surface area contributed by atoms with Crippen LogP contribution in [0.1, 0.15) is 120 Å². The van der Waals surface area contributed by atoms with Crippen molar-refractivity contribution in [1.29, 1.82) is 0 Å². The van der Waals surface area contributed by atoms with Crippen LogP contribution in [0.25, 0.3) is 0 Å². The van der Waals surface area contributed by atoms with E-state index in [1.54, 1.807) is 6.92 Å². The maximum absolute atomic E-state index is 11.9. The normalized spacial score (nSPS) is 55.7. The van der Waals surface area contributed by atoms with E-state index in [1.807, 2.05) is 0 Å². The number of rotatable bonds is 1. The molecule has 0 spiro atoms. The molecule has 0 aromatic heterocycles. The Bertz CT molecular complexity index is 906. The zero-order chi connectivity index (χ0) is 25.2. The van der Waals surface area contributed by atoms with Gasteiger partial charge in [0.2, 0.25) is 0 Å². The molecule has 198 valence electrons. The number of hydrogen-bond acceptors (Lipinski definition) is 3. The average Bonchev–Trinajstić information content (AvgIpc) is 3.10. The van der Waals surface area contributed by atoms with Gasteiger partial charge in [0, 0.05) is 12.3 Å². The molecule has 6 aliphatic rings. The van der Waals surface area contributed by atoms with Crippen LogP contribution in [0.15, 0.2) is 0 Å². The van der Waals surface area contributed by atoms with E-state index in [-0.39, 0.29) is 17.5 Å². The number of fused-ring (bicyclic) bond motifs is 5. The third-order valence-corrected chi connectivity index (χ3v) is 14.4. The van der Waals surface area contributed by atoms with E-state index in [1.165, 1.54) is 57.8 Å². The van der Waals surface area contributed by atoms with Crippen molar-refractivity contribution in [2.24, 2.45) is 56.2 Å². The summed E-state index contributed by atoms with van der Waals surface area (Å²) < 4.78 is 12.7. The van der Waals surface area contributed by atoms with Crippen LogP contribution in [-0.2, 0) is 14.3 Å². The van der Waals surface area contributed by atoms with E-state index in [2.05, 4.69) is 48.5 Å². The van der Waals surface area contributed by atoms with Crippen molar-refractivity contribution in [3.8, 4) is 0 Å². The molecule has 1 aliphatic heterocycles. The van der Waals surface area contributed by atoms with Crippen molar-refractivity contribution in [1.82, 2.24) is 0 Å². The lowest BCUT2D eigenvalue weighted by Crippen LogP contribution is -2.67. The zero-order valence-electron chi connectivity index (χ0n) is 24.0. The first kappa shape index (κ1) is 24.7. The number of hydrogen-bond donors (Lipinski definition) is 0. The van der Waals surface area contributed by atoms with Gasteiger partial charge in [0.1, 0.15) is 6.10 Å². The molecule has 10 atom stereocenters. The minimum atomic E-state index is -0.108. The van der Waals surface area contributed by atoms with Gasteiger partial charge in [-0.15, -0.1) is 0 Å². The summed E-state index contributed by atoms with van der Waals surface area (Å²) in [7, 11) is 0. The third kappa shape index (κ3) is 2.97. The third-order valence-electron chi connectivity index (χ3n) is 14.4. The van der Waals surface area contributed by atoms with Crippen LogP contribution < -0.4 is 0 Å². The summed E-state index contributed by atoms with van der Waals surface area (Å²) in [6, 6.07) is 0. The fraction of sp³-hybridized carbons (Fsp3) is 0.969. The van der Waals surface area contributed by atoms with Crippen molar-refractivity contribution < 1.29 is 14.3 Å². The number of esters is 1. The lowest BCUT2D eigenvalue weighted by atomic mass is 9.31. The quantitative estimate of drug-likeness (QED) is 0.356. The molecule has 35 heavy (non-hydrogen) atoms. The van der Waals surface area contributed by atoms with Gasteiger partial charge in [0.25, 0.3) is 0 Å². The Labute approximate surface area is 214 Å². The summed E-state index contributed by atoms with van der Waals surface area (Å²) in [5, 5.41) is 0. The zero-order valence-corrected chi connectivity index (χ0v) is 24.0. The van der Waals surface area contributed by atoms with E-state index in [0.717, 1.165) is 30.8 Å². The van der Waals surface area contributed by atoms with Gasteiger partial charge < -0.3 is 9.47 Å². The molecule has 0 aromatic rings. The number of carbonyl (C=O) groups excluding carboxylic acids is 1. The van der Waals surface area contributed by atoms with Crippen LogP contribution in [-0.4, -0.2) is 24.8 Å². The lowest BCUT2D eigenvalue weighted by Gasteiger charge is -2.73. The molecule has 6 fully saturated rings. The molecule has 2 bridgehead atoms. The molecule has 3 nitrogen and oxygen atoms in total. The van der Waals surface area contributed by atoms with Crippen LogP contribution in [0, 0.1) is 56.2 Å². The van der Waals surface area contributed by atoms with Gasteiger partial charge in [-0.25, -0.2) is 0 Å². The monoisotopic (exact) mass is 484 g/mol. The van der Waals surface area contributed by atoms with Gasteiger partial charge in [-0.05, 0) is 115 Å². The molecule has 0 N–H and O–H groups in total. The second kappa shape index (κ2) is 7.29. The van der Waals surface area contributed by atoms with Gasteiger partial charge in [-0.1, -0.05) is 48.5 Å². The molecular weight excluding hydrogens is 432 g/mol. The van der Waals surface area contributed by atoms with Crippen LogP contribution in [0.5, 0.6) is 0 Å². The lowest BCUT2D eigenvalue weighted by molar-refractivity contribution is -0.254. The van der Waals surface area contributed by atoms with Crippen molar-refractivity contribution in [3.63, 3.8) is 0 Å². The Morgan fingerprint density at radius 3 is 2.20 bits per heavy atom. The predicted molar refractivity (Wildman–Crippen MR) is 140 cm³/mol. The molecule has 6 rings (SSSR count). The molecule has 0 unspecified atom stereocenters. The molecule has 5 aliphatic carbocycles. The second-order valence-electron chi connectivity index (χ2n) is 16.2.